The molecule has 3 N–H and O–H groups in total. The van der Waals surface area contributed by atoms with Crippen molar-refractivity contribution in [3.05, 3.63) is 23.8 Å². The molecule has 7 heteroatoms. The van der Waals surface area contributed by atoms with Crippen LogP contribution in [-0.2, 0) is 4.79 Å². The van der Waals surface area contributed by atoms with Crippen LogP contribution in [0.3, 0.4) is 0 Å². The summed E-state index contributed by atoms with van der Waals surface area (Å²) in [6.07, 6.45) is 1.42. The fourth-order valence-electron chi connectivity index (χ4n) is 3.06. The van der Waals surface area contributed by atoms with Crippen molar-refractivity contribution in [3.63, 3.8) is 0 Å². The van der Waals surface area contributed by atoms with Crippen molar-refractivity contribution in [3.8, 4) is 11.5 Å². The lowest BCUT2D eigenvalue weighted by Crippen LogP contribution is -2.54. The highest BCUT2D eigenvalue weighted by molar-refractivity contribution is 5.95. The lowest BCUT2D eigenvalue weighted by molar-refractivity contribution is -0.125. The van der Waals surface area contributed by atoms with E-state index in [9.17, 15) is 9.59 Å². The van der Waals surface area contributed by atoms with Crippen LogP contribution in [0.15, 0.2) is 18.2 Å². The van der Waals surface area contributed by atoms with Gasteiger partial charge in [0, 0.05) is 24.7 Å². The Labute approximate surface area is 161 Å². The van der Waals surface area contributed by atoms with Crippen molar-refractivity contribution in [1.29, 1.82) is 0 Å². The van der Waals surface area contributed by atoms with Crippen LogP contribution in [-0.4, -0.2) is 56.1 Å². The Hall–Kier alpha value is -2.28. The van der Waals surface area contributed by atoms with Crippen LogP contribution in [0.1, 0.15) is 44.0 Å². The van der Waals surface area contributed by atoms with E-state index in [0.29, 0.717) is 43.0 Å². The van der Waals surface area contributed by atoms with Crippen LogP contribution >= 0.6 is 0 Å². The second-order valence-corrected chi connectivity index (χ2v) is 7.99. The molecule has 1 aromatic rings. The molecular formula is C20H31N3O4. The van der Waals surface area contributed by atoms with Gasteiger partial charge in [-0.05, 0) is 36.5 Å². The maximum Gasteiger partial charge on any atom is 0.253 e. The molecule has 7 nitrogen and oxygen atoms in total. The number of hydrogen-bond acceptors (Lipinski definition) is 5. The van der Waals surface area contributed by atoms with E-state index in [1.165, 1.54) is 0 Å². The Kier molecular flexibility index (Phi) is 6.70. The number of likely N-dealkylation sites (tertiary alicyclic amines) is 1. The number of nitrogens with zero attached hydrogens (tertiary/aromatic N) is 1. The second kappa shape index (κ2) is 8.61. The minimum absolute atomic E-state index is 0.0420. The lowest BCUT2D eigenvalue weighted by atomic mass is 9.86. The summed E-state index contributed by atoms with van der Waals surface area (Å²) in [6.45, 7) is 7.01. The molecule has 150 valence electrons. The topological polar surface area (TPSA) is 93.9 Å². The van der Waals surface area contributed by atoms with Crippen LogP contribution < -0.4 is 20.5 Å². The van der Waals surface area contributed by atoms with Crippen LogP contribution in [0.25, 0.3) is 0 Å². The Bertz CT molecular complexity index is 676. The predicted octanol–water partition coefficient (Wildman–Crippen LogP) is 1.80. The van der Waals surface area contributed by atoms with Gasteiger partial charge in [0.1, 0.15) is 0 Å². The summed E-state index contributed by atoms with van der Waals surface area (Å²) >= 11 is 0. The summed E-state index contributed by atoms with van der Waals surface area (Å²) in [5.41, 5.74) is 6.29. The fourth-order valence-corrected chi connectivity index (χ4v) is 3.06. The first kappa shape index (κ1) is 21.0. The Balaban J connectivity index is 1.93. The zero-order valence-electron chi connectivity index (χ0n) is 16.9. The second-order valence-electron chi connectivity index (χ2n) is 7.99. The molecule has 0 unspecified atom stereocenters. The molecule has 0 radical (unpaired) electrons. The summed E-state index contributed by atoms with van der Waals surface area (Å²) in [7, 11) is 3.10. The number of carbonyl (C=O) groups excluding carboxylic acids is 2. The van der Waals surface area contributed by atoms with Crippen molar-refractivity contribution < 1.29 is 19.1 Å². The van der Waals surface area contributed by atoms with Gasteiger partial charge in [-0.2, -0.15) is 0 Å². The number of rotatable bonds is 5. The Morgan fingerprint density at radius 2 is 1.74 bits per heavy atom. The molecule has 1 fully saturated rings. The van der Waals surface area contributed by atoms with Gasteiger partial charge < -0.3 is 25.4 Å². The molecule has 1 saturated heterocycles. The van der Waals surface area contributed by atoms with Crippen LogP contribution in [0.2, 0.25) is 0 Å². The van der Waals surface area contributed by atoms with Crippen LogP contribution in [0.4, 0.5) is 0 Å². The van der Waals surface area contributed by atoms with Gasteiger partial charge in [-0.3, -0.25) is 9.59 Å². The zero-order valence-corrected chi connectivity index (χ0v) is 16.9. The Morgan fingerprint density at radius 3 is 2.26 bits per heavy atom. The molecule has 1 aliphatic rings. The first-order chi connectivity index (χ1) is 12.7. The van der Waals surface area contributed by atoms with Gasteiger partial charge in [0.15, 0.2) is 11.5 Å². The van der Waals surface area contributed by atoms with Crippen molar-refractivity contribution in [1.82, 2.24) is 10.2 Å². The van der Waals surface area contributed by atoms with E-state index in [1.807, 2.05) is 20.8 Å². The number of ether oxygens (including phenoxy) is 2. The highest BCUT2D eigenvalue weighted by Gasteiger charge is 2.30. The van der Waals surface area contributed by atoms with Gasteiger partial charge in [-0.25, -0.2) is 0 Å². The summed E-state index contributed by atoms with van der Waals surface area (Å²) in [5.74, 6) is 0.937. The standard InChI is InChI=1S/C20H31N3O4/c1-20(2,3)17(21)18(24)22-14-8-10-23(11-9-14)19(25)13-6-7-15(26-4)16(12-13)27-5/h6-7,12,14,17H,8-11,21H2,1-5H3,(H,22,24)/t17-/m1/s1. The largest absolute Gasteiger partial charge is 0.493 e. The first-order valence-corrected chi connectivity index (χ1v) is 9.24. The first-order valence-electron chi connectivity index (χ1n) is 9.24. The molecule has 0 aliphatic carbocycles. The molecule has 1 heterocycles. The van der Waals surface area contributed by atoms with Gasteiger partial charge in [-0.15, -0.1) is 0 Å². The van der Waals surface area contributed by atoms with Gasteiger partial charge >= 0.3 is 0 Å². The molecule has 1 atom stereocenters. The van der Waals surface area contributed by atoms with Gasteiger partial charge in [0.05, 0.1) is 20.3 Å². The highest BCUT2D eigenvalue weighted by Crippen LogP contribution is 2.28. The van der Waals surface area contributed by atoms with Gasteiger partial charge in [0.25, 0.3) is 5.91 Å². The molecule has 0 bridgehead atoms. The summed E-state index contributed by atoms with van der Waals surface area (Å²) in [4.78, 5) is 26.8. The summed E-state index contributed by atoms with van der Waals surface area (Å²) in [5, 5.41) is 3.02. The number of amides is 2. The molecule has 0 spiro atoms. The van der Waals surface area contributed by atoms with Gasteiger partial charge in [-0.1, -0.05) is 20.8 Å². The van der Waals surface area contributed by atoms with Crippen molar-refractivity contribution >= 4 is 11.8 Å². The number of carbonyl (C=O) groups is 2. The molecule has 27 heavy (non-hydrogen) atoms. The summed E-state index contributed by atoms with van der Waals surface area (Å²) < 4.78 is 10.5. The van der Waals surface area contributed by atoms with Crippen LogP contribution in [0.5, 0.6) is 11.5 Å². The van der Waals surface area contributed by atoms with E-state index >= 15 is 0 Å². The number of methoxy groups -OCH3 is 2. The number of hydrogen-bond donors (Lipinski definition) is 2. The molecule has 2 amide bonds. The fraction of sp³-hybridized carbons (Fsp3) is 0.600. The van der Waals surface area contributed by atoms with E-state index in [0.717, 1.165) is 0 Å². The van der Waals surface area contributed by atoms with E-state index in [2.05, 4.69) is 5.32 Å². The quantitative estimate of drug-likeness (QED) is 0.816. The van der Waals surface area contributed by atoms with Gasteiger partial charge in [0.2, 0.25) is 5.91 Å². The van der Waals surface area contributed by atoms with E-state index in [-0.39, 0.29) is 23.3 Å². The van der Waals surface area contributed by atoms with E-state index < -0.39 is 6.04 Å². The highest BCUT2D eigenvalue weighted by atomic mass is 16.5. The van der Waals surface area contributed by atoms with Crippen molar-refractivity contribution in [2.75, 3.05) is 27.3 Å². The molecular weight excluding hydrogens is 346 g/mol. The lowest BCUT2D eigenvalue weighted by Gasteiger charge is -2.34. The SMILES string of the molecule is COc1ccc(C(=O)N2CCC(NC(=O)[C@@H](N)C(C)(C)C)CC2)cc1OC. The average Bonchev–Trinajstić information content (AvgIpc) is 2.66. The van der Waals surface area contributed by atoms with Crippen molar-refractivity contribution in [2.24, 2.45) is 11.1 Å². The third-order valence-electron chi connectivity index (χ3n) is 4.97. The molecule has 2 rings (SSSR count). The zero-order chi connectivity index (χ0) is 20.2. The molecule has 0 aromatic heterocycles. The minimum atomic E-state index is -0.552. The maximum absolute atomic E-state index is 12.8. The number of nitrogens with one attached hydrogen (secondary N) is 1. The normalized spacial score (nSPS) is 16.6. The smallest absolute Gasteiger partial charge is 0.253 e. The number of benzene rings is 1. The third-order valence-corrected chi connectivity index (χ3v) is 4.97. The molecule has 1 aliphatic heterocycles. The number of piperidine rings is 1. The Morgan fingerprint density at radius 1 is 1.15 bits per heavy atom. The maximum atomic E-state index is 12.8. The number of nitrogens with two attached hydrogens (primary N) is 1. The van der Waals surface area contributed by atoms with Crippen molar-refractivity contribution in [2.45, 2.75) is 45.7 Å². The van der Waals surface area contributed by atoms with Crippen LogP contribution in [0, 0.1) is 5.41 Å². The van der Waals surface area contributed by atoms with E-state index in [1.54, 1.807) is 37.3 Å². The average molecular weight is 377 g/mol. The van der Waals surface area contributed by atoms with E-state index in [4.69, 9.17) is 15.2 Å². The monoisotopic (exact) mass is 377 g/mol. The predicted molar refractivity (Wildman–Crippen MR) is 104 cm³/mol. The third kappa shape index (κ3) is 5.13. The molecule has 1 aromatic carbocycles. The minimum Gasteiger partial charge on any atom is -0.493 e. The molecule has 0 saturated carbocycles. The summed E-state index contributed by atoms with van der Waals surface area (Å²) in [6, 6.07) is 4.65.